The first-order valence-corrected chi connectivity index (χ1v) is 8.74. The summed E-state index contributed by atoms with van der Waals surface area (Å²) in [7, 11) is 0. The first-order chi connectivity index (χ1) is 11.3. The first-order valence-electron chi connectivity index (χ1n) is 8.74. The summed E-state index contributed by atoms with van der Waals surface area (Å²) in [6, 6.07) is 2.02. The van der Waals surface area contributed by atoms with E-state index in [1.54, 1.807) is 12.3 Å². The molecule has 1 amide bonds. The summed E-state index contributed by atoms with van der Waals surface area (Å²) in [5.74, 6) is 1.16. The molecule has 0 radical (unpaired) electrons. The fraction of sp³-hybridized carbons (Fsp3) is 0.706. The number of carbonyl (C=O) groups excluding carboxylic acids is 1. The molecule has 0 spiro atoms. The van der Waals surface area contributed by atoms with Crippen molar-refractivity contribution < 1.29 is 9.90 Å². The molecule has 1 aromatic heterocycles. The average Bonchev–Trinajstić information content (AvgIpc) is 3.34. The molecule has 3 rings (SSSR count). The van der Waals surface area contributed by atoms with E-state index in [4.69, 9.17) is 0 Å². The van der Waals surface area contributed by atoms with Gasteiger partial charge in [-0.1, -0.05) is 0 Å². The molecule has 0 bridgehead atoms. The van der Waals surface area contributed by atoms with Gasteiger partial charge in [0, 0.05) is 24.7 Å². The highest BCUT2D eigenvalue weighted by Crippen LogP contribution is 2.37. The molecule has 1 saturated carbocycles. The molecule has 1 atom stereocenters. The van der Waals surface area contributed by atoms with Gasteiger partial charge in [-0.25, -0.2) is 9.97 Å². The van der Waals surface area contributed by atoms with Crippen molar-refractivity contribution in [3.05, 3.63) is 23.8 Å². The van der Waals surface area contributed by atoms with Crippen LogP contribution in [0.25, 0.3) is 0 Å². The molecule has 1 saturated heterocycles. The smallest absolute Gasteiger partial charge is 0.270 e. The second kappa shape index (κ2) is 7.84. The molecule has 0 aromatic carbocycles. The van der Waals surface area contributed by atoms with Crippen molar-refractivity contribution in [2.45, 2.75) is 50.5 Å². The molecule has 1 aliphatic heterocycles. The standard InChI is InChI=1S/C17H26N4O2/c22-12-14-4-3-11-21(14)10-2-1-8-19-17(23)15-7-9-18-16(20-15)13-5-6-13/h7,9,13-14,22H,1-6,8,10-12H2,(H,19,23). The highest BCUT2D eigenvalue weighted by molar-refractivity contribution is 5.92. The van der Waals surface area contributed by atoms with Crippen LogP contribution < -0.4 is 5.32 Å². The number of carbonyl (C=O) groups is 1. The van der Waals surface area contributed by atoms with Gasteiger partial charge in [-0.05, 0) is 57.7 Å². The maximum Gasteiger partial charge on any atom is 0.270 e. The van der Waals surface area contributed by atoms with Gasteiger partial charge in [-0.2, -0.15) is 0 Å². The fourth-order valence-corrected chi connectivity index (χ4v) is 3.17. The minimum atomic E-state index is -0.108. The van der Waals surface area contributed by atoms with Gasteiger partial charge in [-0.15, -0.1) is 0 Å². The molecule has 2 aliphatic rings. The number of rotatable bonds is 8. The van der Waals surface area contributed by atoms with Crippen molar-refractivity contribution in [3.63, 3.8) is 0 Å². The number of aliphatic hydroxyl groups is 1. The predicted molar refractivity (Wildman–Crippen MR) is 87.3 cm³/mol. The quantitative estimate of drug-likeness (QED) is 0.707. The Balaban J connectivity index is 1.35. The molecular formula is C17H26N4O2. The van der Waals surface area contributed by atoms with E-state index in [9.17, 15) is 9.90 Å². The molecule has 6 heteroatoms. The van der Waals surface area contributed by atoms with Gasteiger partial charge < -0.3 is 10.4 Å². The minimum absolute atomic E-state index is 0.108. The molecule has 2 N–H and O–H groups in total. The SMILES string of the molecule is O=C(NCCCCN1CCCC1CO)c1ccnc(C2CC2)n1. The van der Waals surface area contributed by atoms with Gasteiger partial charge in [0.15, 0.2) is 0 Å². The Kier molecular flexibility index (Phi) is 5.56. The Morgan fingerprint density at radius 1 is 1.35 bits per heavy atom. The zero-order valence-corrected chi connectivity index (χ0v) is 13.6. The van der Waals surface area contributed by atoms with Crippen molar-refractivity contribution in [1.82, 2.24) is 20.2 Å². The lowest BCUT2D eigenvalue weighted by atomic mass is 10.2. The molecule has 1 aliphatic carbocycles. The number of aliphatic hydroxyl groups excluding tert-OH is 1. The van der Waals surface area contributed by atoms with E-state index >= 15 is 0 Å². The van der Waals surface area contributed by atoms with Crippen molar-refractivity contribution >= 4 is 5.91 Å². The Bertz CT molecular complexity index is 533. The number of aromatic nitrogens is 2. The molecule has 126 valence electrons. The average molecular weight is 318 g/mol. The molecular weight excluding hydrogens is 292 g/mol. The fourth-order valence-electron chi connectivity index (χ4n) is 3.17. The summed E-state index contributed by atoms with van der Waals surface area (Å²) in [4.78, 5) is 23.1. The lowest BCUT2D eigenvalue weighted by Crippen LogP contribution is -2.33. The van der Waals surface area contributed by atoms with Gasteiger partial charge in [0.05, 0.1) is 6.61 Å². The zero-order valence-electron chi connectivity index (χ0n) is 13.6. The Hall–Kier alpha value is -1.53. The molecule has 6 nitrogen and oxygen atoms in total. The first kappa shape index (κ1) is 16.3. The number of nitrogens with zero attached hydrogens (tertiary/aromatic N) is 3. The molecule has 1 aromatic rings. The number of hydrogen-bond donors (Lipinski definition) is 2. The van der Waals surface area contributed by atoms with Gasteiger partial charge in [-0.3, -0.25) is 9.69 Å². The lowest BCUT2D eigenvalue weighted by Gasteiger charge is -2.22. The van der Waals surface area contributed by atoms with Crippen molar-refractivity contribution in [2.24, 2.45) is 0 Å². The monoisotopic (exact) mass is 318 g/mol. The third-order valence-electron chi connectivity index (χ3n) is 4.72. The molecule has 1 unspecified atom stereocenters. The van der Waals surface area contributed by atoms with E-state index in [-0.39, 0.29) is 12.5 Å². The van der Waals surface area contributed by atoms with Gasteiger partial charge in [0.2, 0.25) is 0 Å². The summed E-state index contributed by atoms with van der Waals surface area (Å²) in [5.41, 5.74) is 0.474. The van der Waals surface area contributed by atoms with Gasteiger partial charge in [0.1, 0.15) is 11.5 Å². The highest BCUT2D eigenvalue weighted by atomic mass is 16.3. The minimum Gasteiger partial charge on any atom is -0.395 e. The van der Waals surface area contributed by atoms with Crippen LogP contribution >= 0.6 is 0 Å². The van der Waals surface area contributed by atoms with Crippen LogP contribution in [-0.2, 0) is 0 Å². The summed E-state index contributed by atoms with van der Waals surface area (Å²) < 4.78 is 0. The van der Waals surface area contributed by atoms with E-state index in [0.29, 0.717) is 24.2 Å². The zero-order chi connectivity index (χ0) is 16.1. The number of hydrogen-bond acceptors (Lipinski definition) is 5. The summed E-state index contributed by atoms with van der Waals surface area (Å²) in [5, 5.41) is 12.2. The molecule has 2 heterocycles. The largest absolute Gasteiger partial charge is 0.395 e. The Morgan fingerprint density at radius 2 is 2.22 bits per heavy atom. The van der Waals surface area contributed by atoms with Crippen LogP contribution in [0, 0.1) is 0 Å². The second-order valence-electron chi connectivity index (χ2n) is 6.55. The van der Waals surface area contributed by atoms with E-state index in [1.165, 1.54) is 6.42 Å². The Morgan fingerprint density at radius 3 is 3.00 bits per heavy atom. The second-order valence-corrected chi connectivity index (χ2v) is 6.55. The van der Waals surface area contributed by atoms with Crippen LogP contribution in [0.2, 0.25) is 0 Å². The van der Waals surface area contributed by atoms with Crippen LogP contribution in [0.15, 0.2) is 12.3 Å². The Labute approximate surface area is 137 Å². The maximum atomic E-state index is 12.1. The number of amides is 1. The van der Waals surface area contributed by atoms with Crippen LogP contribution in [-0.4, -0.2) is 58.2 Å². The van der Waals surface area contributed by atoms with Gasteiger partial charge in [0.25, 0.3) is 5.91 Å². The maximum absolute atomic E-state index is 12.1. The van der Waals surface area contributed by atoms with E-state index in [2.05, 4.69) is 20.2 Å². The normalized spacial score (nSPS) is 21.5. The van der Waals surface area contributed by atoms with Gasteiger partial charge >= 0.3 is 0 Å². The molecule has 23 heavy (non-hydrogen) atoms. The number of nitrogens with one attached hydrogen (secondary N) is 1. The predicted octanol–water partition coefficient (Wildman–Crippen LogP) is 1.32. The third-order valence-corrected chi connectivity index (χ3v) is 4.72. The summed E-state index contributed by atoms with van der Waals surface area (Å²) >= 11 is 0. The van der Waals surface area contributed by atoms with E-state index in [1.807, 2.05) is 0 Å². The van der Waals surface area contributed by atoms with Crippen LogP contribution in [0.3, 0.4) is 0 Å². The molecule has 2 fully saturated rings. The highest BCUT2D eigenvalue weighted by Gasteiger charge is 2.27. The van der Waals surface area contributed by atoms with E-state index < -0.39 is 0 Å². The lowest BCUT2D eigenvalue weighted by molar-refractivity contribution is 0.0946. The third kappa shape index (κ3) is 4.48. The van der Waals surface area contributed by atoms with E-state index in [0.717, 1.165) is 51.0 Å². The number of unbranched alkanes of at least 4 members (excludes halogenated alkanes) is 1. The summed E-state index contributed by atoms with van der Waals surface area (Å²) in [6.45, 7) is 3.01. The van der Waals surface area contributed by atoms with Crippen molar-refractivity contribution in [1.29, 1.82) is 0 Å². The number of likely N-dealkylation sites (tertiary alicyclic amines) is 1. The van der Waals surface area contributed by atoms with Crippen LogP contribution in [0.1, 0.15) is 60.8 Å². The van der Waals surface area contributed by atoms with Crippen molar-refractivity contribution in [2.75, 3.05) is 26.2 Å². The summed E-state index contributed by atoms with van der Waals surface area (Å²) in [6.07, 6.45) is 8.21. The van der Waals surface area contributed by atoms with Crippen LogP contribution in [0.4, 0.5) is 0 Å². The van der Waals surface area contributed by atoms with Crippen molar-refractivity contribution in [3.8, 4) is 0 Å². The topological polar surface area (TPSA) is 78.4 Å². The van der Waals surface area contributed by atoms with Crippen LogP contribution in [0.5, 0.6) is 0 Å².